The van der Waals surface area contributed by atoms with Crippen molar-refractivity contribution in [2.45, 2.75) is 18.9 Å². The molecule has 2 rings (SSSR count). The molecule has 2 N–H and O–H groups in total. The SMILES string of the molecule is COc1ccc(C(O)C2CC=CCC2C(=O)O)cc1Br. The number of carbonyl (C=O) groups is 1. The molecule has 108 valence electrons. The van der Waals surface area contributed by atoms with Gasteiger partial charge in [-0.25, -0.2) is 0 Å². The molecule has 3 unspecified atom stereocenters. The van der Waals surface area contributed by atoms with E-state index in [1.807, 2.05) is 12.2 Å². The third-order valence-corrected chi connectivity index (χ3v) is 4.34. The summed E-state index contributed by atoms with van der Waals surface area (Å²) in [7, 11) is 1.57. The molecular weight excluding hydrogens is 324 g/mol. The minimum absolute atomic E-state index is 0.308. The number of rotatable bonds is 4. The second kappa shape index (κ2) is 6.41. The summed E-state index contributed by atoms with van der Waals surface area (Å²) in [5.41, 5.74) is 0.698. The summed E-state index contributed by atoms with van der Waals surface area (Å²) in [5.74, 6) is -1.03. The van der Waals surface area contributed by atoms with Crippen LogP contribution in [0.5, 0.6) is 5.75 Å². The van der Waals surface area contributed by atoms with Crippen LogP contribution >= 0.6 is 15.9 Å². The van der Waals surface area contributed by atoms with Gasteiger partial charge >= 0.3 is 5.97 Å². The Labute approximate surface area is 126 Å². The van der Waals surface area contributed by atoms with E-state index >= 15 is 0 Å². The van der Waals surface area contributed by atoms with Crippen LogP contribution < -0.4 is 4.74 Å². The Bertz CT molecular complexity index is 527. The Morgan fingerprint density at radius 3 is 2.70 bits per heavy atom. The maximum Gasteiger partial charge on any atom is 0.307 e. The predicted octanol–water partition coefficient (Wildman–Crippen LogP) is 3.16. The van der Waals surface area contributed by atoms with Crippen LogP contribution in [0.1, 0.15) is 24.5 Å². The van der Waals surface area contributed by atoms with Crippen molar-refractivity contribution in [2.75, 3.05) is 7.11 Å². The first-order valence-electron chi connectivity index (χ1n) is 6.44. The maximum absolute atomic E-state index is 11.3. The zero-order valence-corrected chi connectivity index (χ0v) is 12.7. The van der Waals surface area contributed by atoms with Crippen LogP contribution in [0.15, 0.2) is 34.8 Å². The van der Waals surface area contributed by atoms with Crippen LogP contribution in [-0.4, -0.2) is 23.3 Å². The van der Waals surface area contributed by atoms with Gasteiger partial charge in [-0.05, 0) is 46.5 Å². The van der Waals surface area contributed by atoms with Gasteiger partial charge in [0.2, 0.25) is 0 Å². The summed E-state index contributed by atoms with van der Waals surface area (Å²) in [5, 5.41) is 19.8. The van der Waals surface area contributed by atoms with Crippen LogP contribution in [0, 0.1) is 11.8 Å². The van der Waals surface area contributed by atoms with Gasteiger partial charge in [-0.2, -0.15) is 0 Å². The first kappa shape index (κ1) is 15.1. The summed E-state index contributed by atoms with van der Waals surface area (Å²) in [4.78, 5) is 11.3. The largest absolute Gasteiger partial charge is 0.496 e. The highest BCUT2D eigenvalue weighted by molar-refractivity contribution is 9.10. The Kier molecular flexibility index (Phi) is 4.83. The van der Waals surface area contributed by atoms with Crippen LogP contribution in [0.3, 0.4) is 0 Å². The summed E-state index contributed by atoms with van der Waals surface area (Å²) in [6.07, 6.45) is 4.04. The number of hydrogen-bond donors (Lipinski definition) is 2. The van der Waals surface area contributed by atoms with E-state index in [0.29, 0.717) is 24.2 Å². The number of aliphatic hydroxyl groups is 1. The lowest BCUT2D eigenvalue weighted by atomic mass is 9.77. The molecule has 1 aliphatic rings. The van der Waals surface area contributed by atoms with Crippen molar-refractivity contribution in [3.63, 3.8) is 0 Å². The molecule has 0 spiro atoms. The van der Waals surface area contributed by atoms with Gasteiger partial charge in [0.1, 0.15) is 5.75 Å². The third kappa shape index (κ3) is 3.04. The number of benzene rings is 1. The van der Waals surface area contributed by atoms with Crippen molar-refractivity contribution in [2.24, 2.45) is 11.8 Å². The van der Waals surface area contributed by atoms with Crippen molar-refractivity contribution < 1.29 is 19.7 Å². The maximum atomic E-state index is 11.3. The van der Waals surface area contributed by atoms with Crippen LogP contribution in [-0.2, 0) is 4.79 Å². The number of ether oxygens (including phenoxy) is 1. The molecular formula is C15H17BrO4. The highest BCUT2D eigenvalue weighted by Gasteiger charge is 2.34. The Morgan fingerprint density at radius 1 is 1.40 bits per heavy atom. The smallest absolute Gasteiger partial charge is 0.307 e. The highest BCUT2D eigenvalue weighted by Crippen LogP contribution is 2.38. The Hall–Kier alpha value is -1.33. The van der Waals surface area contributed by atoms with Gasteiger partial charge < -0.3 is 14.9 Å². The molecule has 0 saturated carbocycles. The number of halogens is 1. The molecule has 0 aliphatic heterocycles. The molecule has 20 heavy (non-hydrogen) atoms. The fourth-order valence-electron chi connectivity index (χ4n) is 2.58. The number of aliphatic hydroxyl groups excluding tert-OH is 1. The minimum Gasteiger partial charge on any atom is -0.496 e. The van der Waals surface area contributed by atoms with Crippen molar-refractivity contribution >= 4 is 21.9 Å². The van der Waals surface area contributed by atoms with E-state index < -0.39 is 18.0 Å². The molecule has 1 aliphatic carbocycles. The number of carboxylic acid groups (broad SMARTS) is 1. The van der Waals surface area contributed by atoms with Crippen LogP contribution in [0.2, 0.25) is 0 Å². The molecule has 0 amide bonds. The predicted molar refractivity (Wildman–Crippen MR) is 78.6 cm³/mol. The van der Waals surface area contributed by atoms with E-state index in [1.165, 1.54) is 0 Å². The fourth-order valence-corrected chi connectivity index (χ4v) is 3.14. The van der Waals surface area contributed by atoms with Gasteiger partial charge in [-0.15, -0.1) is 0 Å². The monoisotopic (exact) mass is 340 g/mol. The summed E-state index contributed by atoms with van der Waals surface area (Å²) >= 11 is 3.38. The van der Waals surface area contributed by atoms with E-state index in [9.17, 15) is 15.0 Å². The average molecular weight is 341 g/mol. The molecule has 0 heterocycles. The summed E-state index contributed by atoms with van der Waals surface area (Å²) in [6.45, 7) is 0. The zero-order chi connectivity index (χ0) is 14.7. The number of methoxy groups -OCH3 is 1. The number of hydrogen-bond acceptors (Lipinski definition) is 3. The van der Waals surface area contributed by atoms with Crippen molar-refractivity contribution in [1.82, 2.24) is 0 Å². The first-order chi connectivity index (χ1) is 9.54. The first-order valence-corrected chi connectivity index (χ1v) is 7.23. The topological polar surface area (TPSA) is 66.8 Å². The molecule has 0 radical (unpaired) electrons. The van der Waals surface area contributed by atoms with Crippen LogP contribution in [0.25, 0.3) is 0 Å². The molecule has 0 aromatic heterocycles. The lowest BCUT2D eigenvalue weighted by Crippen LogP contribution is -2.29. The van der Waals surface area contributed by atoms with E-state index in [4.69, 9.17) is 4.74 Å². The third-order valence-electron chi connectivity index (χ3n) is 3.72. The quantitative estimate of drug-likeness (QED) is 0.826. The number of aliphatic carboxylic acids is 1. The standard InChI is InChI=1S/C15H17BrO4/c1-20-13-7-6-9(8-12(13)16)14(17)10-4-2-3-5-11(10)15(18)19/h2-3,6-8,10-11,14,17H,4-5H2,1H3,(H,18,19). The molecule has 3 atom stereocenters. The highest BCUT2D eigenvalue weighted by atomic mass is 79.9. The lowest BCUT2D eigenvalue weighted by molar-refractivity contribution is -0.145. The molecule has 1 aromatic carbocycles. The van der Waals surface area contributed by atoms with Gasteiger partial charge in [-0.3, -0.25) is 4.79 Å². The minimum atomic E-state index is -0.856. The second-order valence-electron chi connectivity index (χ2n) is 4.89. The molecule has 5 heteroatoms. The van der Waals surface area contributed by atoms with E-state index in [2.05, 4.69) is 15.9 Å². The van der Waals surface area contributed by atoms with E-state index in [-0.39, 0.29) is 5.92 Å². The van der Waals surface area contributed by atoms with Crippen molar-refractivity contribution in [1.29, 1.82) is 0 Å². The van der Waals surface area contributed by atoms with Gasteiger partial charge in [0, 0.05) is 5.92 Å². The number of carboxylic acids is 1. The number of allylic oxidation sites excluding steroid dienone is 2. The summed E-state index contributed by atoms with van der Waals surface area (Å²) < 4.78 is 5.90. The van der Waals surface area contributed by atoms with Crippen molar-refractivity contribution in [3.05, 3.63) is 40.4 Å². The van der Waals surface area contributed by atoms with Crippen LogP contribution in [0.4, 0.5) is 0 Å². The molecule has 4 nitrogen and oxygen atoms in total. The van der Waals surface area contributed by atoms with Crippen molar-refractivity contribution in [3.8, 4) is 5.75 Å². The van der Waals surface area contributed by atoms with Gasteiger partial charge in [-0.1, -0.05) is 18.2 Å². The van der Waals surface area contributed by atoms with E-state index in [1.54, 1.807) is 25.3 Å². The van der Waals surface area contributed by atoms with E-state index in [0.717, 1.165) is 4.47 Å². The second-order valence-corrected chi connectivity index (χ2v) is 5.74. The van der Waals surface area contributed by atoms with Gasteiger partial charge in [0.25, 0.3) is 0 Å². The molecule has 1 aromatic rings. The fraction of sp³-hybridized carbons (Fsp3) is 0.400. The Morgan fingerprint density at radius 2 is 2.10 bits per heavy atom. The average Bonchev–Trinajstić information content (AvgIpc) is 2.46. The lowest BCUT2D eigenvalue weighted by Gasteiger charge is -2.30. The molecule has 0 saturated heterocycles. The summed E-state index contributed by atoms with van der Waals surface area (Å²) in [6, 6.07) is 5.31. The normalized spacial score (nSPS) is 23.4. The molecule has 0 bridgehead atoms. The molecule has 0 fully saturated rings. The Balaban J connectivity index is 2.25. The van der Waals surface area contributed by atoms with Gasteiger partial charge in [0.05, 0.1) is 23.6 Å². The van der Waals surface area contributed by atoms with Gasteiger partial charge in [0.15, 0.2) is 0 Å². The zero-order valence-electron chi connectivity index (χ0n) is 11.1.